The van der Waals surface area contributed by atoms with E-state index in [1.807, 2.05) is 0 Å². The lowest BCUT2D eigenvalue weighted by Crippen LogP contribution is -2.29. The number of nitrogens with zero attached hydrogens (tertiary/aromatic N) is 5. The molecule has 1 aliphatic rings. The number of nitro groups is 1. The number of azo groups is 1. The second kappa shape index (κ2) is 2.66. The first-order valence-electron chi connectivity index (χ1n) is 3.18. The normalized spacial score (nSPS) is 25.2. The van der Waals surface area contributed by atoms with E-state index in [-0.39, 0.29) is 5.69 Å². The summed E-state index contributed by atoms with van der Waals surface area (Å²) in [6.07, 6.45) is 1.04. The Kier molecular flexibility index (Phi) is 1.62. The minimum atomic E-state index is -1.86. The van der Waals surface area contributed by atoms with Crippen LogP contribution in [0.3, 0.4) is 0 Å². The first kappa shape index (κ1) is 7.92. The summed E-state index contributed by atoms with van der Waals surface area (Å²) < 4.78 is 0. The highest BCUT2D eigenvalue weighted by atomic mass is 32.1. The molecule has 1 aliphatic heterocycles. The van der Waals surface area contributed by atoms with Gasteiger partial charge in [0.2, 0.25) is 0 Å². The molecule has 0 saturated carbocycles. The van der Waals surface area contributed by atoms with Gasteiger partial charge in [-0.1, -0.05) is 5.11 Å². The summed E-state index contributed by atoms with van der Waals surface area (Å²) >= 11 is 1.13. The minimum Gasteiger partial charge on any atom is -0.260 e. The van der Waals surface area contributed by atoms with Crippen LogP contribution in [0.4, 0.5) is 0 Å². The van der Waals surface area contributed by atoms with E-state index in [1.165, 1.54) is 5.38 Å². The van der Waals surface area contributed by atoms with Crippen molar-refractivity contribution in [3.63, 3.8) is 0 Å². The third kappa shape index (κ3) is 1.03. The second-order valence-electron chi connectivity index (χ2n) is 2.18. The lowest BCUT2D eigenvalue weighted by Gasteiger charge is -2.07. The van der Waals surface area contributed by atoms with E-state index in [4.69, 9.17) is 0 Å². The van der Waals surface area contributed by atoms with Crippen molar-refractivity contribution in [2.24, 2.45) is 15.2 Å². The highest BCUT2D eigenvalue weighted by Crippen LogP contribution is 2.30. The van der Waals surface area contributed by atoms with E-state index >= 15 is 0 Å². The maximum Gasteiger partial charge on any atom is 0.474 e. The topological polar surface area (TPSA) is 93.1 Å². The van der Waals surface area contributed by atoms with Crippen LogP contribution in [-0.4, -0.2) is 16.2 Å². The first-order chi connectivity index (χ1) is 6.26. The maximum atomic E-state index is 10.7. The molecule has 2 heterocycles. The Morgan fingerprint density at radius 3 is 3.00 bits per heavy atom. The van der Waals surface area contributed by atoms with Gasteiger partial charge in [-0.2, -0.15) is 4.99 Å². The van der Waals surface area contributed by atoms with Crippen LogP contribution >= 0.6 is 11.3 Å². The van der Waals surface area contributed by atoms with Gasteiger partial charge in [0.1, 0.15) is 6.34 Å². The van der Waals surface area contributed by atoms with Crippen LogP contribution in [-0.2, 0) is 5.79 Å². The predicted molar refractivity (Wildman–Crippen MR) is 43.0 cm³/mol. The smallest absolute Gasteiger partial charge is 0.260 e. The maximum absolute atomic E-state index is 10.7. The van der Waals surface area contributed by atoms with Gasteiger partial charge in [-0.15, -0.1) is 16.5 Å². The molecule has 0 bridgehead atoms. The van der Waals surface area contributed by atoms with Gasteiger partial charge in [0.25, 0.3) is 0 Å². The Bertz CT molecular complexity index is 372. The van der Waals surface area contributed by atoms with E-state index in [2.05, 4.69) is 25.7 Å². The molecule has 0 N–H and O–H groups in total. The van der Waals surface area contributed by atoms with E-state index in [1.54, 1.807) is 0 Å². The molecule has 1 unspecified atom stereocenters. The lowest BCUT2D eigenvalue weighted by atomic mass is 10.3. The molecule has 1 aromatic heterocycles. The predicted octanol–water partition coefficient (Wildman–Crippen LogP) is 0.824. The highest BCUT2D eigenvalue weighted by Gasteiger charge is 2.49. The molecule has 0 aliphatic carbocycles. The Labute approximate surface area is 76.0 Å². The molecule has 8 heteroatoms. The summed E-state index contributed by atoms with van der Waals surface area (Å²) in [5, 5.41) is 19.0. The van der Waals surface area contributed by atoms with Gasteiger partial charge in [-0.25, -0.2) is 4.98 Å². The van der Waals surface area contributed by atoms with Gasteiger partial charge in [-0.3, -0.25) is 10.1 Å². The van der Waals surface area contributed by atoms with Crippen LogP contribution in [0.2, 0.25) is 0 Å². The fraction of sp³-hybridized carbons (Fsp3) is 0.200. The molecule has 0 saturated heterocycles. The number of rotatable bonds is 2. The molecule has 0 amide bonds. The van der Waals surface area contributed by atoms with Crippen LogP contribution in [0.1, 0.15) is 5.69 Å². The van der Waals surface area contributed by atoms with Crippen LogP contribution in [0.15, 0.2) is 20.6 Å². The molecule has 0 fully saturated rings. The van der Waals surface area contributed by atoms with Crippen LogP contribution in [0.5, 0.6) is 0 Å². The number of aromatic nitrogens is 1. The average Bonchev–Trinajstić information content (AvgIpc) is 2.75. The monoisotopic (exact) mass is 196 g/mol. The molecular formula is C5H2N5O2S. The lowest BCUT2D eigenvalue weighted by molar-refractivity contribution is -0.576. The summed E-state index contributed by atoms with van der Waals surface area (Å²) in [6, 6.07) is 0. The SMILES string of the molecule is O=[N+]([O-])C1(c2cs[c]n2)N=CN=N1. The molecule has 2 rings (SSSR count). The summed E-state index contributed by atoms with van der Waals surface area (Å²) in [6.45, 7) is 0. The average molecular weight is 196 g/mol. The standard InChI is InChI=1S/C5H2N5O2S/c11-10(12)5(7-2-8-9-5)4-1-13-3-6-4/h1-2H. The van der Waals surface area contributed by atoms with Crippen molar-refractivity contribution in [3.8, 4) is 0 Å². The third-order valence-electron chi connectivity index (χ3n) is 1.47. The molecule has 7 nitrogen and oxygen atoms in total. The zero-order valence-electron chi connectivity index (χ0n) is 6.12. The number of aliphatic imine (C=N–C) groups is 1. The van der Waals surface area contributed by atoms with E-state index in [0.717, 1.165) is 17.7 Å². The van der Waals surface area contributed by atoms with Crippen molar-refractivity contribution >= 4 is 17.7 Å². The summed E-state index contributed by atoms with van der Waals surface area (Å²) in [7, 11) is 0. The number of thiazole rings is 1. The Balaban J connectivity index is 2.53. The molecule has 1 atom stereocenters. The fourth-order valence-electron chi connectivity index (χ4n) is 0.871. The van der Waals surface area contributed by atoms with Crippen molar-refractivity contribution < 1.29 is 4.92 Å². The zero-order valence-corrected chi connectivity index (χ0v) is 6.93. The third-order valence-corrected chi connectivity index (χ3v) is 2.01. The van der Waals surface area contributed by atoms with Gasteiger partial charge in [0.15, 0.2) is 11.2 Å². The van der Waals surface area contributed by atoms with Crippen molar-refractivity contribution in [3.05, 3.63) is 26.7 Å². The van der Waals surface area contributed by atoms with Gasteiger partial charge in [0, 0.05) is 5.38 Å². The van der Waals surface area contributed by atoms with Gasteiger partial charge >= 0.3 is 5.79 Å². The van der Waals surface area contributed by atoms with Crippen molar-refractivity contribution in [2.75, 3.05) is 0 Å². The first-order valence-corrected chi connectivity index (χ1v) is 4.06. The summed E-state index contributed by atoms with van der Waals surface area (Å²) in [5.41, 5.74) is 2.64. The number of hydrogen-bond acceptors (Lipinski definition) is 7. The Morgan fingerprint density at radius 1 is 1.69 bits per heavy atom. The van der Waals surface area contributed by atoms with Crippen LogP contribution in [0.25, 0.3) is 0 Å². The number of hydrogen-bond donors (Lipinski definition) is 0. The minimum absolute atomic E-state index is 0.139. The Morgan fingerprint density at radius 2 is 2.54 bits per heavy atom. The molecule has 13 heavy (non-hydrogen) atoms. The van der Waals surface area contributed by atoms with Crippen molar-refractivity contribution in [2.45, 2.75) is 5.79 Å². The molecular weight excluding hydrogens is 194 g/mol. The quantitative estimate of drug-likeness (QED) is 0.517. The summed E-state index contributed by atoms with van der Waals surface area (Å²) in [5.74, 6) is -1.86. The molecule has 1 aromatic rings. The van der Waals surface area contributed by atoms with Crippen molar-refractivity contribution in [1.82, 2.24) is 4.98 Å². The van der Waals surface area contributed by atoms with E-state index < -0.39 is 10.7 Å². The van der Waals surface area contributed by atoms with Gasteiger partial charge in [0.05, 0.1) is 4.92 Å². The molecule has 65 valence electrons. The zero-order chi connectivity index (χ0) is 9.31. The van der Waals surface area contributed by atoms with Crippen LogP contribution in [0, 0.1) is 15.6 Å². The molecule has 0 aromatic carbocycles. The van der Waals surface area contributed by atoms with Crippen molar-refractivity contribution in [1.29, 1.82) is 0 Å². The Hall–Kier alpha value is -1.70. The highest BCUT2D eigenvalue weighted by molar-refractivity contribution is 7.07. The van der Waals surface area contributed by atoms with Crippen LogP contribution < -0.4 is 0 Å². The largest absolute Gasteiger partial charge is 0.474 e. The van der Waals surface area contributed by atoms with Gasteiger partial charge < -0.3 is 0 Å². The summed E-state index contributed by atoms with van der Waals surface area (Å²) in [4.78, 5) is 17.3. The van der Waals surface area contributed by atoms with E-state index in [0.29, 0.717) is 0 Å². The second-order valence-corrected chi connectivity index (χ2v) is 2.83. The van der Waals surface area contributed by atoms with Gasteiger partial charge in [-0.05, 0) is 0 Å². The van der Waals surface area contributed by atoms with E-state index in [9.17, 15) is 10.1 Å². The fourth-order valence-corrected chi connectivity index (χ4v) is 1.40. The molecule has 1 radical (unpaired) electrons. The molecule has 0 spiro atoms.